The van der Waals surface area contributed by atoms with Gasteiger partial charge in [0, 0.05) is 113 Å². The summed E-state index contributed by atoms with van der Waals surface area (Å²) >= 11 is 0. The van der Waals surface area contributed by atoms with Crippen LogP contribution in [0.2, 0.25) is 0 Å². The number of imide groups is 2. The minimum Gasteiger partial charge on any atom is -0.487 e. The number of carbonyl (C=O) groups is 6. The predicted octanol–water partition coefficient (Wildman–Crippen LogP) is 7.70. The van der Waals surface area contributed by atoms with Crippen LogP contribution in [0.15, 0.2) is 72.8 Å². The van der Waals surface area contributed by atoms with Gasteiger partial charge < -0.3 is 124 Å². The van der Waals surface area contributed by atoms with Crippen molar-refractivity contribution in [1.29, 1.82) is 0 Å². The highest BCUT2D eigenvalue weighted by Crippen LogP contribution is 2.47. The van der Waals surface area contributed by atoms with Crippen molar-refractivity contribution in [1.82, 2.24) is 20.4 Å². The Bertz CT molecular complexity index is 3850. The quantitative estimate of drug-likeness (QED) is 0.0159. The lowest BCUT2D eigenvalue weighted by molar-refractivity contribution is 0.0146. The number of ether oxygens (including phenoxy) is 24. The molecule has 0 radical (unpaired) electrons. The molecule has 0 unspecified atom stereocenters. The van der Waals surface area contributed by atoms with Crippen molar-refractivity contribution in [2.24, 2.45) is 0 Å². The number of rotatable bonds is 72. The first-order valence-electron chi connectivity index (χ1n) is 41.5. The van der Waals surface area contributed by atoms with E-state index in [-0.39, 0.29) is 151 Å². The molecule has 0 fully saturated rings. The molecule has 6 amide bonds. The standard InChI is InChI=1S/C88H120N4O30/c1-99-23-29-105-35-41-111-47-53-117-73-59-63(60-74(118-54-48-112-42-36-106-30-24-100-2)81(73)121-57-51-115-45-39-109-33-27-103-5)83(93)89-19-7-9-21-91-85(95)69-15-11-65-67-13-17-71-80-72(18-14-68(78(67)80)66-12-16-70(86(91)96)79(69)77(65)66)88(98)92(87(71)97)22-10-8-20-90-84(94)64-61-75(119-55-49-113-43-37-107-31-25-101-3)82(122-58-52-116-46-40-110-34-28-104-6)76(62-64)120-56-50-114-44-38-108-32-26-102-4/h11-18,59-62H,7-10,19-58H2,1-6H3,(H,89,93)(H,90,94). The van der Waals surface area contributed by atoms with Crippen molar-refractivity contribution in [3.05, 3.63) is 106 Å². The van der Waals surface area contributed by atoms with E-state index in [1.54, 1.807) is 91.2 Å². The Hall–Kier alpha value is -8.86. The smallest absolute Gasteiger partial charge is 0.261 e. The average Bonchev–Trinajstić information content (AvgIpc) is 0.690. The summed E-state index contributed by atoms with van der Waals surface area (Å²) in [6.45, 7) is 11.7. The number of nitrogens with one attached hydrogen (secondary N) is 2. The van der Waals surface area contributed by atoms with E-state index in [0.717, 1.165) is 21.5 Å². The summed E-state index contributed by atoms with van der Waals surface area (Å²) in [4.78, 5) is 89.4. The van der Waals surface area contributed by atoms with Gasteiger partial charge in [0.1, 0.15) is 39.6 Å². The van der Waals surface area contributed by atoms with E-state index >= 15 is 0 Å². The summed E-state index contributed by atoms with van der Waals surface area (Å²) in [5.74, 6) is -1.33. The third-order valence-corrected chi connectivity index (χ3v) is 19.3. The van der Waals surface area contributed by atoms with E-state index in [2.05, 4.69) is 10.6 Å². The molecule has 9 rings (SSSR count). The normalized spacial score (nSPS) is 12.7. The zero-order chi connectivity index (χ0) is 86.1. The molecule has 2 N–H and O–H groups in total. The first kappa shape index (κ1) is 97.0. The molecule has 34 heteroatoms. The number of nitrogens with zero attached hydrogens (tertiary/aromatic N) is 2. The third kappa shape index (κ3) is 29.7. The fourth-order valence-corrected chi connectivity index (χ4v) is 13.3. The van der Waals surface area contributed by atoms with Crippen LogP contribution in [0.25, 0.3) is 43.1 Å². The molecule has 0 aliphatic carbocycles. The zero-order valence-electron chi connectivity index (χ0n) is 71.2. The Labute approximate surface area is 711 Å². The second-order valence-electron chi connectivity index (χ2n) is 27.6. The van der Waals surface area contributed by atoms with Crippen LogP contribution >= 0.6 is 0 Å². The number of carbonyl (C=O) groups excluding carboxylic acids is 6. The van der Waals surface area contributed by atoms with E-state index in [1.165, 1.54) is 9.80 Å². The number of amides is 6. The van der Waals surface area contributed by atoms with Crippen molar-refractivity contribution in [3.8, 4) is 34.5 Å². The maximum atomic E-state index is 14.6. The topological polar surface area (TPSA) is 354 Å². The van der Waals surface area contributed by atoms with Gasteiger partial charge in [0.2, 0.25) is 11.5 Å². The van der Waals surface area contributed by atoms with Crippen LogP contribution in [0.3, 0.4) is 0 Å². The number of hydrogen-bond acceptors (Lipinski definition) is 30. The maximum Gasteiger partial charge on any atom is 0.261 e. The van der Waals surface area contributed by atoms with Crippen molar-refractivity contribution >= 4 is 78.5 Å². The number of hydrogen-bond donors (Lipinski definition) is 2. The molecule has 7 aromatic carbocycles. The average molecular weight is 1710 g/mol. The molecule has 0 spiro atoms. The summed E-state index contributed by atoms with van der Waals surface area (Å²) in [6.07, 6.45) is 1.52. The summed E-state index contributed by atoms with van der Waals surface area (Å²) in [6, 6.07) is 20.7. The van der Waals surface area contributed by atoms with E-state index in [9.17, 15) is 28.8 Å². The van der Waals surface area contributed by atoms with Gasteiger partial charge in [0.25, 0.3) is 35.4 Å². The molecule has 2 aliphatic rings. The highest BCUT2D eigenvalue weighted by molar-refractivity contribution is 6.41. The minimum absolute atomic E-state index is 0.0703. The van der Waals surface area contributed by atoms with Crippen molar-refractivity contribution in [2.45, 2.75) is 25.7 Å². The number of benzene rings is 7. The summed E-state index contributed by atoms with van der Waals surface area (Å²) in [5, 5.41) is 11.4. The van der Waals surface area contributed by atoms with Gasteiger partial charge in [-0.3, -0.25) is 38.6 Å². The van der Waals surface area contributed by atoms with Gasteiger partial charge in [-0.25, -0.2) is 0 Å². The Morgan fingerprint density at radius 2 is 0.459 bits per heavy atom. The predicted molar refractivity (Wildman–Crippen MR) is 448 cm³/mol. The van der Waals surface area contributed by atoms with E-state index in [0.29, 0.717) is 228 Å². The lowest BCUT2D eigenvalue weighted by atomic mass is 9.82. The first-order chi connectivity index (χ1) is 60.0. The Morgan fingerprint density at radius 1 is 0.254 bits per heavy atom. The first-order valence-corrected chi connectivity index (χ1v) is 41.5. The molecule has 672 valence electrons. The lowest BCUT2D eigenvalue weighted by Gasteiger charge is -2.30. The Balaban J connectivity index is 0.828. The molecule has 0 aromatic heterocycles. The second kappa shape index (κ2) is 56.1. The van der Waals surface area contributed by atoms with Crippen LogP contribution in [-0.2, 0) is 85.3 Å². The molecule has 122 heavy (non-hydrogen) atoms. The molecular formula is C88H120N4O30. The van der Waals surface area contributed by atoms with Crippen molar-refractivity contribution in [3.63, 3.8) is 0 Å². The third-order valence-electron chi connectivity index (χ3n) is 19.3. The molecule has 0 atom stereocenters. The van der Waals surface area contributed by atoms with E-state index in [4.69, 9.17) is 114 Å². The molecule has 2 heterocycles. The lowest BCUT2D eigenvalue weighted by Crippen LogP contribution is -2.41. The van der Waals surface area contributed by atoms with Crippen LogP contribution in [-0.4, -0.2) is 352 Å². The minimum atomic E-state index is -0.456. The molecule has 34 nitrogen and oxygen atoms in total. The van der Waals surface area contributed by atoms with Gasteiger partial charge in [0.15, 0.2) is 23.0 Å². The van der Waals surface area contributed by atoms with Gasteiger partial charge in [-0.05, 0) is 107 Å². The van der Waals surface area contributed by atoms with E-state index in [1.807, 2.05) is 24.3 Å². The number of unbranched alkanes of at least 4 members (excludes halogenated alkanes) is 2. The maximum absolute atomic E-state index is 14.6. The highest BCUT2D eigenvalue weighted by Gasteiger charge is 2.37. The Morgan fingerprint density at radius 3 is 0.680 bits per heavy atom. The molecular weight excluding hydrogens is 1590 g/mol. The zero-order valence-corrected chi connectivity index (χ0v) is 71.2. The Kier molecular flexibility index (Phi) is 44.6. The second-order valence-corrected chi connectivity index (χ2v) is 27.6. The SMILES string of the molecule is COCCOCCOCCOc1cc(C(=O)NCCCCN2C(=O)c3ccc4c5ccc6c7c(ccc(c8ccc(c3c48)C2=O)c75)C(=O)N(CCCCNC(=O)c2cc(OCCOCCOCCOC)c(OCCOCCOCCOC)c(OCCOCCOCCOC)c2)C6=O)cc(OCCOCCOCCOC)c1OCCOCCOCCOC. The largest absolute Gasteiger partial charge is 0.487 e. The van der Waals surface area contributed by atoms with Gasteiger partial charge in [-0.15, -0.1) is 0 Å². The van der Waals surface area contributed by atoms with Crippen molar-refractivity contribution in [2.75, 3.05) is 307 Å². The van der Waals surface area contributed by atoms with Crippen LogP contribution in [0.5, 0.6) is 34.5 Å². The number of methoxy groups -OCH3 is 6. The van der Waals surface area contributed by atoms with Gasteiger partial charge in [-0.1, -0.05) is 24.3 Å². The summed E-state index contributed by atoms with van der Waals surface area (Å²) in [5.41, 5.74) is 1.85. The van der Waals surface area contributed by atoms with Crippen LogP contribution in [0.1, 0.15) is 87.8 Å². The van der Waals surface area contributed by atoms with Gasteiger partial charge in [-0.2, -0.15) is 0 Å². The van der Waals surface area contributed by atoms with Crippen LogP contribution in [0.4, 0.5) is 0 Å². The fourth-order valence-electron chi connectivity index (χ4n) is 13.3. The summed E-state index contributed by atoms with van der Waals surface area (Å²) in [7, 11) is 9.60. The molecule has 0 saturated carbocycles. The van der Waals surface area contributed by atoms with Crippen LogP contribution < -0.4 is 39.1 Å². The molecule has 0 saturated heterocycles. The van der Waals surface area contributed by atoms with E-state index < -0.39 is 35.4 Å². The summed E-state index contributed by atoms with van der Waals surface area (Å²) < 4.78 is 135. The van der Waals surface area contributed by atoms with Crippen molar-refractivity contribution < 1.29 is 142 Å². The van der Waals surface area contributed by atoms with Crippen LogP contribution in [0, 0.1) is 0 Å². The number of fused-ring (bicyclic) bond motifs is 2. The molecule has 7 aromatic rings. The monoisotopic (exact) mass is 1710 g/mol. The molecule has 2 aliphatic heterocycles. The highest BCUT2D eigenvalue weighted by atomic mass is 16.6. The van der Waals surface area contributed by atoms with Gasteiger partial charge >= 0.3 is 0 Å². The van der Waals surface area contributed by atoms with Gasteiger partial charge in [0.05, 0.1) is 198 Å². The fraction of sp³-hybridized carbons (Fsp3) is 0.568. The molecule has 0 bridgehead atoms.